The summed E-state index contributed by atoms with van der Waals surface area (Å²) < 4.78 is 5.52. The predicted molar refractivity (Wildman–Crippen MR) is 67.7 cm³/mol. The van der Waals surface area contributed by atoms with E-state index < -0.39 is 0 Å². The molecule has 0 fully saturated rings. The fraction of sp³-hybridized carbons (Fsp3) is 0.538. The Kier molecular flexibility index (Phi) is 4.15. The van der Waals surface area contributed by atoms with E-state index in [0.717, 1.165) is 30.4 Å². The molecule has 1 aromatic heterocycles. The molecule has 98 valence electrons. The summed E-state index contributed by atoms with van der Waals surface area (Å²) in [5.41, 5.74) is 2.19. The number of rotatable bonds is 5. The van der Waals surface area contributed by atoms with Crippen LogP contribution in [0.1, 0.15) is 30.4 Å². The van der Waals surface area contributed by atoms with Crippen molar-refractivity contribution in [1.29, 1.82) is 0 Å². The van der Waals surface area contributed by atoms with Crippen LogP contribution in [0.5, 0.6) is 5.88 Å². The number of amides is 1. The Hall–Kier alpha value is -1.62. The minimum absolute atomic E-state index is 0.00632. The molecule has 2 N–H and O–H groups in total. The van der Waals surface area contributed by atoms with Gasteiger partial charge < -0.3 is 15.2 Å². The molecule has 1 aliphatic rings. The summed E-state index contributed by atoms with van der Waals surface area (Å²) >= 11 is 0. The average molecular weight is 250 g/mol. The first kappa shape index (κ1) is 12.8. The lowest BCUT2D eigenvalue weighted by Gasteiger charge is -2.18. The van der Waals surface area contributed by atoms with Crippen LogP contribution in [0.3, 0.4) is 0 Å². The maximum Gasteiger partial charge on any atom is 0.225 e. The molecule has 0 saturated heterocycles. The van der Waals surface area contributed by atoms with Crippen molar-refractivity contribution in [3.8, 4) is 5.88 Å². The third kappa shape index (κ3) is 2.98. The van der Waals surface area contributed by atoms with E-state index in [0.29, 0.717) is 24.7 Å². The number of fused-ring (bicyclic) bond motifs is 1. The summed E-state index contributed by atoms with van der Waals surface area (Å²) in [5, 5.41) is 11.4. The molecular weight excluding hydrogens is 232 g/mol. The number of pyridine rings is 1. The number of hydrogen-bond donors (Lipinski definition) is 2. The van der Waals surface area contributed by atoms with Crippen molar-refractivity contribution in [2.75, 3.05) is 18.5 Å². The van der Waals surface area contributed by atoms with Gasteiger partial charge in [-0.05, 0) is 37.3 Å². The molecule has 2 heterocycles. The number of nitrogens with zero attached hydrogens (tertiary/aromatic N) is 1. The molecule has 1 amide bonds. The minimum Gasteiger partial charge on any atom is -0.478 e. The molecule has 5 nitrogen and oxygen atoms in total. The Bertz CT molecular complexity index is 446. The molecule has 0 saturated carbocycles. The van der Waals surface area contributed by atoms with Gasteiger partial charge in [0.15, 0.2) is 0 Å². The molecule has 0 radical (unpaired) electrons. The zero-order valence-corrected chi connectivity index (χ0v) is 10.5. The van der Waals surface area contributed by atoms with Crippen LogP contribution >= 0.6 is 0 Å². The number of hydrogen-bond acceptors (Lipinski definition) is 4. The molecule has 0 aromatic carbocycles. The summed E-state index contributed by atoms with van der Waals surface area (Å²) in [6.45, 7) is 2.70. The molecular formula is C13H18N2O3. The zero-order chi connectivity index (χ0) is 13.0. The van der Waals surface area contributed by atoms with Crippen LogP contribution in [-0.2, 0) is 11.2 Å². The summed E-state index contributed by atoms with van der Waals surface area (Å²) in [4.78, 5) is 15.6. The van der Waals surface area contributed by atoms with Gasteiger partial charge in [-0.1, -0.05) is 0 Å². The second-order valence-corrected chi connectivity index (χ2v) is 4.43. The van der Waals surface area contributed by atoms with E-state index in [1.807, 2.05) is 13.0 Å². The predicted octanol–water partition coefficient (Wildman–Crippen LogP) is 1.43. The van der Waals surface area contributed by atoms with Crippen LogP contribution in [0.15, 0.2) is 6.07 Å². The summed E-state index contributed by atoms with van der Waals surface area (Å²) in [7, 11) is 0. The maximum absolute atomic E-state index is 11.3. The van der Waals surface area contributed by atoms with Crippen molar-refractivity contribution < 1.29 is 14.6 Å². The van der Waals surface area contributed by atoms with Gasteiger partial charge in [0.05, 0.1) is 6.61 Å². The van der Waals surface area contributed by atoms with Gasteiger partial charge in [-0.2, -0.15) is 4.98 Å². The van der Waals surface area contributed by atoms with Gasteiger partial charge in [0, 0.05) is 19.1 Å². The first-order valence-corrected chi connectivity index (χ1v) is 6.24. The third-order valence-electron chi connectivity index (χ3n) is 2.99. The van der Waals surface area contributed by atoms with Crippen LogP contribution in [0.4, 0.5) is 5.82 Å². The Labute approximate surface area is 106 Å². The standard InChI is InChI=1S/C13H18N2O3/c1-9-8-12(18-7-3-2-6-16)15-13-10(9)4-5-11(17)14-13/h8,16H,2-7H2,1H3,(H,14,15,17). The van der Waals surface area contributed by atoms with Crippen LogP contribution in [0, 0.1) is 6.92 Å². The zero-order valence-electron chi connectivity index (χ0n) is 10.5. The molecule has 0 atom stereocenters. The van der Waals surface area contributed by atoms with Crippen LogP contribution in [0.25, 0.3) is 0 Å². The number of nitrogens with one attached hydrogen (secondary N) is 1. The first-order chi connectivity index (χ1) is 8.70. The number of aliphatic hydroxyl groups is 1. The second kappa shape index (κ2) is 5.82. The van der Waals surface area contributed by atoms with E-state index in [1.165, 1.54) is 0 Å². The van der Waals surface area contributed by atoms with Crippen molar-refractivity contribution in [3.05, 3.63) is 17.2 Å². The lowest BCUT2D eigenvalue weighted by atomic mass is 10.0. The number of aliphatic hydroxyl groups excluding tert-OH is 1. The fourth-order valence-corrected chi connectivity index (χ4v) is 1.99. The Balaban J connectivity index is 2.06. The van der Waals surface area contributed by atoms with Crippen molar-refractivity contribution >= 4 is 11.7 Å². The van der Waals surface area contributed by atoms with Crippen molar-refractivity contribution in [1.82, 2.24) is 4.98 Å². The summed E-state index contributed by atoms with van der Waals surface area (Å²) in [5.74, 6) is 1.17. The normalized spacial score (nSPS) is 14.0. The highest BCUT2D eigenvalue weighted by atomic mass is 16.5. The van der Waals surface area contributed by atoms with Gasteiger partial charge >= 0.3 is 0 Å². The van der Waals surface area contributed by atoms with E-state index in [2.05, 4.69) is 10.3 Å². The highest BCUT2D eigenvalue weighted by Crippen LogP contribution is 2.27. The molecule has 0 unspecified atom stereocenters. The summed E-state index contributed by atoms with van der Waals surface area (Å²) in [6.07, 6.45) is 2.78. The number of anilines is 1. The fourth-order valence-electron chi connectivity index (χ4n) is 1.99. The molecule has 0 aliphatic carbocycles. The first-order valence-electron chi connectivity index (χ1n) is 6.24. The van der Waals surface area contributed by atoms with Crippen molar-refractivity contribution in [2.24, 2.45) is 0 Å². The van der Waals surface area contributed by atoms with Gasteiger partial charge in [0.1, 0.15) is 5.82 Å². The number of aryl methyl sites for hydroxylation is 1. The number of unbranched alkanes of at least 4 members (excludes halogenated alkanes) is 1. The maximum atomic E-state index is 11.3. The topological polar surface area (TPSA) is 71.5 Å². The Morgan fingerprint density at radius 3 is 3.06 bits per heavy atom. The summed E-state index contributed by atoms with van der Waals surface area (Å²) in [6, 6.07) is 1.90. The number of carbonyl (C=O) groups excluding carboxylic acids is 1. The minimum atomic E-state index is 0.00632. The van der Waals surface area contributed by atoms with E-state index in [-0.39, 0.29) is 12.5 Å². The highest BCUT2D eigenvalue weighted by Gasteiger charge is 2.18. The number of ether oxygens (including phenoxy) is 1. The lowest BCUT2D eigenvalue weighted by Crippen LogP contribution is -2.21. The Morgan fingerprint density at radius 2 is 2.28 bits per heavy atom. The highest BCUT2D eigenvalue weighted by molar-refractivity contribution is 5.93. The van der Waals surface area contributed by atoms with Gasteiger partial charge in [-0.3, -0.25) is 4.79 Å². The largest absolute Gasteiger partial charge is 0.478 e. The molecule has 0 spiro atoms. The van der Waals surface area contributed by atoms with Gasteiger partial charge in [0.2, 0.25) is 11.8 Å². The van der Waals surface area contributed by atoms with Crippen molar-refractivity contribution in [2.45, 2.75) is 32.6 Å². The number of aromatic nitrogens is 1. The molecule has 18 heavy (non-hydrogen) atoms. The van der Waals surface area contributed by atoms with Crippen molar-refractivity contribution in [3.63, 3.8) is 0 Å². The lowest BCUT2D eigenvalue weighted by molar-refractivity contribution is -0.116. The molecule has 1 aliphatic heterocycles. The van der Waals surface area contributed by atoms with E-state index in [4.69, 9.17) is 9.84 Å². The van der Waals surface area contributed by atoms with E-state index >= 15 is 0 Å². The van der Waals surface area contributed by atoms with E-state index in [9.17, 15) is 4.79 Å². The van der Waals surface area contributed by atoms with E-state index in [1.54, 1.807) is 0 Å². The Morgan fingerprint density at radius 1 is 1.44 bits per heavy atom. The monoisotopic (exact) mass is 250 g/mol. The third-order valence-corrected chi connectivity index (χ3v) is 2.99. The van der Waals surface area contributed by atoms with Gasteiger partial charge in [-0.25, -0.2) is 0 Å². The second-order valence-electron chi connectivity index (χ2n) is 4.43. The van der Waals surface area contributed by atoms with Crippen LogP contribution in [0.2, 0.25) is 0 Å². The quantitative estimate of drug-likeness (QED) is 0.775. The van der Waals surface area contributed by atoms with Crippen LogP contribution in [-0.4, -0.2) is 29.2 Å². The average Bonchev–Trinajstić information content (AvgIpc) is 2.34. The SMILES string of the molecule is Cc1cc(OCCCCO)nc2c1CCC(=O)N2. The molecule has 0 bridgehead atoms. The van der Waals surface area contributed by atoms with Gasteiger partial charge in [-0.15, -0.1) is 0 Å². The smallest absolute Gasteiger partial charge is 0.225 e. The molecule has 1 aromatic rings. The number of carbonyl (C=O) groups is 1. The van der Waals surface area contributed by atoms with Crippen LogP contribution < -0.4 is 10.1 Å². The van der Waals surface area contributed by atoms with Gasteiger partial charge in [0.25, 0.3) is 0 Å². The molecule has 5 heteroatoms. The molecule has 2 rings (SSSR count).